The van der Waals surface area contributed by atoms with Gasteiger partial charge in [-0.25, -0.2) is 0 Å². The second kappa shape index (κ2) is 4.02. The standard InChI is InChI=1S/C13H28/c1-9-13(8,12(5,6)7)11(4)10(2)3/h10-11H,9H2,1-8H3/i11D. The molecule has 0 bridgehead atoms. The first-order chi connectivity index (χ1) is 6.00. The highest BCUT2D eigenvalue weighted by atomic mass is 14.5. The van der Waals surface area contributed by atoms with Crippen molar-refractivity contribution >= 4 is 0 Å². The van der Waals surface area contributed by atoms with Crippen molar-refractivity contribution in [3.63, 3.8) is 0 Å². The Labute approximate surface area is 86.5 Å². The molecule has 0 aliphatic rings. The first-order valence-electron chi connectivity index (χ1n) is 6.00. The molecule has 0 rings (SSSR count). The van der Waals surface area contributed by atoms with E-state index < -0.39 is 0 Å². The van der Waals surface area contributed by atoms with E-state index in [1.54, 1.807) is 0 Å². The summed E-state index contributed by atoms with van der Waals surface area (Å²) in [6.07, 6.45) is 1.06. The SMILES string of the molecule is [2H]C(C)(C(C)C)C(C)(CC)C(C)(C)C. The average molecular weight is 185 g/mol. The predicted octanol–water partition coefficient (Wildman–Crippen LogP) is 4.74. The van der Waals surface area contributed by atoms with Crippen molar-refractivity contribution < 1.29 is 1.37 Å². The zero-order chi connectivity index (χ0) is 11.8. The lowest BCUT2D eigenvalue weighted by atomic mass is 9.57. The highest BCUT2D eigenvalue weighted by Crippen LogP contribution is 2.49. The van der Waals surface area contributed by atoms with Crippen molar-refractivity contribution in [1.82, 2.24) is 0 Å². The Morgan fingerprint density at radius 2 is 1.46 bits per heavy atom. The largest absolute Gasteiger partial charge is 0.0648 e. The Kier molecular flexibility index (Phi) is 3.43. The van der Waals surface area contributed by atoms with Gasteiger partial charge in [-0.1, -0.05) is 55.4 Å². The van der Waals surface area contributed by atoms with Gasteiger partial charge in [-0.3, -0.25) is 0 Å². The van der Waals surface area contributed by atoms with Gasteiger partial charge < -0.3 is 0 Å². The maximum absolute atomic E-state index is 8.59. The molecular formula is C13H28. The van der Waals surface area contributed by atoms with Crippen LogP contribution < -0.4 is 0 Å². The van der Waals surface area contributed by atoms with E-state index in [-0.39, 0.29) is 16.7 Å². The molecule has 0 aliphatic carbocycles. The second-order valence-corrected chi connectivity index (χ2v) is 5.77. The quantitative estimate of drug-likeness (QED) is 0.595. The summed E-state index contributed by atoms with van der Waals surface area (Å²) in [6.45, 7) is 17.6. The van der Waals surface area contributed by atoms with Crippen molar-refractivity contribution in [1.29, 1.82) is 0 Å². The van der Waals surface area contributed by atoms with Crippen molar-refractivity contribution in [2.75, 3.05) is 0 Å². The maximum Gasteiger partial charge on any atom is 0.0308 e. The van der Waals surface area contributed by atoms with Gasteiger partial charge in [0.2, 0.25) is 0 Å². The Bertz CT molecular complexity index is 186. The summed E-state index contributed by atoms with van der Waals surface area (Å²) in [5.74, 6) is 0.0340. The fraction of sp³-hybridized carbons (Fsp3) is 1.00. The highest BCUT2D eigenvalue weighted by Gasteiger charge is 2.41. The zero-order valence-electron chi connectivity index (χ0n) is 11.8. The Hall–Kier alpha value is 0. The lowest BCUT2D eigenvalue weighted by Gasteiger charge is -2.48. The van der Waals surface area contributed by atoms with E-state index in [1.807, 2.05) is 0 Å². The summed E-state index contributed by atoms with van der Waals surface area (Å²) in [6, 6.07) is 0. The van der Waals surface area contributed by atoms with Gasteiger partial charge >= 0.3 is 0 Å². The van der Waals surface area contributed by atoms with Crippen LogP contribution >= 0.6 is 0 Å². The molecule has 0 fully saturated rings. The Morgan fingerprint density at radius 3 is 1.54 bits per heavy atom. The van der Waals surface area contributed by atoms with E-state index in [0.29, 0.717) is 5.92 Å². The maximum atomic E-state index is 8.59. The first-order valence-corrected chi connectivity index (χ1v) is 5.50. The van der Waals surface area contributed by atoms with E-state index >= 15 is 0 Å². The van der Waals surface area contributed by atoms with Crippen molar-refractivity contribution in [2.45, 2.75) is 61.8 Å². The molecule has 0 amide bonds. The highest BCUT2D eigenvalue weighted by molar-refractivity contribution is 4.90. The second-order valence-electron chi connectivity index (χ2n) is 5.77. The molecule has 0 heteroatoms. The van der Waals surface area contributed by atoms with E-state index in [0.717, 1.165) is 6.42 Å². The lowest BCUT2D eigenvalue weighted by molar-refractivity contribution is 0.0151. The van der Waals surface area contributed by atoms with Crippen LogP contribution in [0.4, 0.5) is 0 Å². The zero-order valence-corrected chi connectivity index (χ0v) is 10.8. The molecule has 0 aromatic carbocycles. The lowest BCUT2D eigenvalue weighted by Crippen LogP contribution is -2.40. The van der Waals surface area contributed by atoms with Gasteiger partial charge in [-0.2, -0.15) is 0 Å². The van der Waals surface area contributed by atoms with Crippen LogP contribution in [0.3, 0.4) is 0 Å². The normalized spacial score (nSPS) is 23.6. The molecule has 13 heavy (non-hydrogen) atoms. The number of hydrogen-bond donors (Lipinski definition) is 0. The number of hydrogen-bond acceptors (Lipinski definition) is 0. The van der Waals surface area contributed by atoms with E-state index in [4.69, 9.17) is 1.37 Å². The van der Waals surface area contributed by atoms with Gasteiger partial charge in [0.1, 0.15) is 0 Å². The van der Waals surface area contributed by atoms with Gasteiger partial charge in [0.05, 0.1) is 0 Å². The summed E-state index contributed by atoms with van der Waals surface area (Å²) in [7, 11) is 0. The van der Waals surface area contributed by atoms with Crippen LogP contribution in [0.5, 0.6) is 0 Å². The molecule has 0 saturated heterocycles. The van der Waals surface area contributed by atoms with E-state index in [1.165, 1.54) is 0 Å². The smallest absolute Gasteiger partial charge is 0.0308 e. The molecule has 0 spiro atoms. The van der Waals surface area contributed by atoms with Crippen LogP contribution in [-0.2, 0) is 0 Å². The molecule has 2 unspecified atom stereocenters. The molecule has 2 atom stereocenters. The molecule has 0 saturated carbocycles. The molecule has 0 aliphatic heterocycles. The molecule has 0 radical (unpaired) electrons. The minimum absolute atomic E-state index is 0.0637. The minimum Gasteiger partial charge on any atom is -0.0648 e. The Morgan fingerprint density at radius 1 is 1.08 bits per heavy atom. The fourth-order valence-electron chi connectivity index (χ4n) is 2.04. The summed E-state index contributed by atoms with van der Waals surface area (Å²) in [5, 5.41) is 0. The monoisotopic (exact) mass is 185 g/mol. The van der Waals surface area contributed by atoms with Gasteiger partial charge in [-0.05, 0) is 29.1 Å². The molecule has 0 heterocycles. The van der Waals surface area contributed by atoms with Crippen LogP contribution in [0.25, 0.3) is 0 Å². The summed E-state index contributed by atoms with van der Waals surface area (Å²) in [4.78, 5) is 0. The Balaban J connectivity index is 5.25. The van der Waals surface area contributed by atoms with Crippen LogP contribution in [0.1, 0.15) is 63.2 Å². The summed E-state index contributed by atoms with van der Waals surface area (Å²) < 4.78 is 8.59. The molecule has 0 aromatic rings. The summed E-state index contributed by atoms with van der Waals surface area (Å²) >= 11 is 0. The first kappa shape index (κ1) is 11.1. The third-order valence-electron chi connectivity index (χ3n) is 4.10. The van der Waals surface area contributed by atoms with Crippen molar-refractivity contribution in [2.24, 2.45) is 22.6 Å². The number of rotatable bonds is 3. The van der Waals surface area contributed by atoms with Crippen LogP contribution in [0, 0.1) is 22.6 Å². The van der Waals surface area contributed by atoms with Gasteiger partial charge in [0.25, 0.3) is 0 Å². The average Bonchev–Trinajstić information content (AvgIpc) is 2.00. The fourth-order valence-corrected chi connectivity index (χ4v) is 2.04. The van der Waals surface area contributed by atoms with Gasteiger partial charge in [0.15, 0.2) is 0 Å². The van der Waals surface area contributed by atoms with Crippen LogP contribution in [0.15, 0.2) is 0 Å². The van der Waals surface area contributed by atoms with Crippen LogP contribution in [-0.4, -0.2) is 0 Å². The third-order valence-corrected chi connectivity index (χ3v) is 4.10. The van der Waals surface area contributed by atoms with Gasteiger partial charge in [-0.15, -0.1) is 0 Å². The topological polar surface area (TPSA) is 0 Å². The van der Waals surface area contributed by atoms with Crippen molar-refractivity contribution in [3.05, 3.63) is 0 Å². The van der Waals surface area contributed by atoms with E-state index in [2.05, 4.69) is 55.4 Å². The van der Waals surface area contributed by atoms with Crippen molar-refractivity contribution in [3.8, 4) is 0 Å². The molecular weight excluding hydrogens is 156 g/mol. The van der Waals surface area contributed by atoms with E-state index in [9.17, 15) is 0 Å². The molecule has 0 aromatic heterocycles. The molecule has 0 nitrogen and oxygen atoms in total. The predicted molar refractivity (Wildman–Crippen MR) is 61.9 cm³/mol. The molecule has 80 valence electrons. The molecule has 0 N–H and O–H groups in total. The third kappa shape index (κ3) is 2.48. The van der Waals surface area contributed by atoms with Gasteiger partial charge in [0, 0.05) is 1.37 Å². The minimum atomic E-state index is -0.361. The summed E-state index contributed by atoms with van der Waals surface area (Å²) in [5.41, 5.74) is 0.247. The van der Waals surface area contributed by atoms with Crippen LogP contribution in [0.2, 0.25) is 0 Å².